The summed E-state index contributed by atoms with van der Waals surface area (Å²) in [7, 11) is 1.88. The fourth-order valence-corrected chi connectivity index (χ4v) is 1.38. The van der Waals surface area contributed by atoms with Crippen molar-refractivity contribution in [2.24, 2.45) is 7.05 Å². The summed E-state index contributed by atoms with van der Waals surface area (Å²) in [6.45, 7) is 0. The summed E-state index contributed by atoms with van der Waals surface area (Å²) in [6.07, 6.45) is 2.87. The lowest BCUT2D eigenvalue weighted by Crippen LogP contribution is -1.99. The zero-order valence-corrected chi connectivity index (χ0v) is 7.96. The van der Waals surface area contributed by atoms with Crippen molar-refractivity contribution in [1.82, 2.24) is 9.55 Å². The summed E-state index contributed by atoms with van der Waals surface area (Å²) in [5.41, 5.74) is 1.55. The Morgan fingerprint density at radius 2 is 2.00 bits per heavy atom. The van der Waals surface area contributed by atoms with Crippen molar-refractivity contribution in [3.8, 4) is 0 Å². The van der Waals surface area contributed by atoms with Crippen molar-refractivity contribution in [1.29, 1.82) is 0 Å². The molecule has 0 saturated heterocycles. The molecule has 1 N–H and O–H groups in total. The van der Waals surface area contributed by atoms with Gasteiger partial charge in [-0.25, -0.2) is 4.98 Å². The smallest absolute Gasteiger partial charge is 0.122 e. The van der Waals surface area contributed by atoms with Crippen LogP contribution in [0.25, 0.3) is 0 Å². The van der Waals surface area contributed by atoms with E-state index in [0.29, 0.717) is 5.69 Å². The molecule has 3 nitrogen and oxygen atoms in total. The van der Waals surface area contributed by atoms with Gasteiger partial charge in [0, 0.05) is 13.2 Å². The average molecular weight is 188 g/mol. The van der Waals surface area contributed by atoms with E-state index in [1.807, 2.05) is 48.1 Å². The second kappa shape index (κ2) is 3.64. The zero-order valence-electron chi connectivity index (χ0n) is 7.96. The molecular weight excluding hydrogens is 176 g/mol. The van der Waals surface area contributed by atoms with E-state index in [0.717, 1.165) is 5.56 Å². The van der Waals surface area contributed by atoms with Gasteiger partial charge < -0.3 is 9.67 Å². The number of imidazole rings is 1. The lowest BCUT2D eigenvalue weighted by molar-refractivity contribution is 0.216. The van der Waals surface area contributed by atoms with Gasteiger partial charge in [0.05, 0.1) is 12.0 Å². The SMILES string of the molecule is Cn1cnc([C@H](O)c2ccccc2)c1. The van der Waals surface area contributed by atoms with E-state index in [9.17, 15) is 5.11 Å². The summed E-state index contributed by atoms with van der Waals surface area (Å²) in [5, 5.41) is 9.93. The number of benzene rings is 1. The Bertz CT molecular complexity index is 408. The molecule has 0 unspecified atom stereocenters. The number of rotatable bonds is 2. The monoisotopic (exact) mass is 188 g/mol. The standard InChI is InChI=1S/C11H12N2O/c1-13-7-10(12-8-13)11(14)9-5-3-2-4-6-9/h2-8,11,14H,1H3/t11-/m1/s1. The van der Waals surface area contributed by atoms with E-state index in [1.54, 1.807) is 6.33 Å². The third kappa shape index (κ3) is 1.67. The minimum atomic E-state index is -0.627. The highest BCUT2D eigenvalue weighted by Crippen LogP contribution is 2.18. The number of aromatic nitrogens is 2. The summed E-state index contributed by atoms with van der Waals surface area (Å²) in [6, 6.07) is 9.51. The molecule has 0 aliphatic rings. The van der Waals surface area contributed by atoms with Gasteiger partial charge in [0.1, 0.15) is 6.10 Å². The first kappa shape index (κ1) is 8.97. The fraction of sp³-hybridized carbons (Fsp3) is 0.182. The maximum atomic E-state index is 9.93. The molecule has 0 aliphatic carbocycles. The van der Waals surface area contributed by atoms with Crippen LogP contribution in [0, 0.1) is 0 Å². The Morgan fingerprint density at radius 3 is 2.57 bits per heavy atom. The molecule has 0 aliphatic heterocycles. The number of hydrogen-bond acceptors (Lipinski definition) is 2. The van der Waals surface area contributed by atoms with Crippen LogP contribution in [0.15, 0.2) is 42.9 Å². The van der Waals surface area contributed by atoms with Crippen LogP contribution in [-0.2, 0) is 7.05 Å². The molecule has 0 spiro atoms. The minimum Gasteiger partial charge on any atom is -0.382 e. The molecule has 0 saturated carbocycles. The highest BCUT2D eigenvalue weighted by molar-refractivity contribution is 5.24. The molecular formula is C11H12N2O. The number of hydrogen-bond donors (Lipinski definition) is 1. The number of aryl methyl sites for hydroxylation is 1. The van der Waals surface area contributed by atoms with Crippen molar-refractivity contribution in [3.05, 3.63) is 54.1 Å². The summed E-state index contributed by atoms with van der Waals surface area (Å²) >= 11 is 0. The maximum absolute atomic E-state index is 9.93. The predicted molar refractivity (Wildman–Crippen MR) is 53.7 cm³/mol. The molecule has 0 bridgehead atoms. The molecule has 0 amide bonds. The van der Waals surface area contributed by atoms with E-state index in [2.05, 4.69) is 4.98 Å². The van der Waals surface area contributed by atoms with Gasteiger partial charge in [-0.3, -0.25) is 0 Å². The molecule has 1 aromatic heterocycles. The second-order valence-electron chi connectivity index (χ2n) is 3.28. The van der Waals surface area contributed by atoms with Crippen LogP contribution in [0.4, 0.5) is 0 Å². The first-order chi connectivity index (χ1) is 6.77. The van der Waals surface area contributed by atoms with E-state index in [4.69, 9.17) is 0 Å². The molecule has 1 aromatic carbocycles. The normalized spacial score (nSPS) is 12.7. The lowest BCUT2D eigenvalue weighted by Gasteiger charge is -2.06. The predicted octanol–water partition coefficient (Wildman–Crippen LogP) is 1.50. The number of aliphatic hydroxyl groups excluding tert-OH is 1. The molecule has 0 fully saturated rings. The minimum absolute atomic E-state index is 0.627. The Hall–Kier alpha value is -1.61. The van der Waals surface area contributed by atoms with Crippen LogP contribution in [0.5, 0.6) is 0 Å². The first-order valence-corrected chi connectivity index (χ1v) is 4.48. The van der Waals surface area contributed by atoms with E-state index < -0.39 is 6.10 Å². The third-order valence-electron chi connectivity index (χ3n) is 2.12. The molecule has 72 valence electrons. The second-order valence-corrected chi connectivity index (χ2v) is 3.28. The van der Waals surface area contributed by atoms with Crippen molar-refractivity contribution < 1.29 is 5.11 Å². The van der Waals surface area contributed by atoms with Gasteiger partial charge in [0.2, 0.25) is 0 Å². The van der Waals surface area contributed by atoms with Gasteiger partial charge in [-0.1, -0.05) is 30.3 Å². The summed E-state index contributed by atoms with van der Waals surface area (Å²) in [5.74, 6) is 0. The molecule has 2 rings (SSSR count). The quantitative estimate of drug-likeness (QED) is 0.775. The third-order valence-corrected chi connectivity index (χ3v) is 2.12. The first-order valence-electron chi connectivity index (χ1n) is 4.48. The van der Waals surface area contributed by atoms with Gasteiger partial charge in [0.15, 0.2) is 0 Å². The average Bonchev–Trinajstić information content (AvgIpc) is 2.65. The van der Waals surface area contributed by atoms with Crippen molar-refractivity contribution in [2.75, 3.05) is 0 Å². The van der Waals surface area contributed by atoms with Crippen molar-refractivity contribution >= 4 is 0 Å². The number of nitrogens with zero attached hydrogens (tertiary/aromatic N) is 2. The Kier molecular flexibility index (Phi) is 2.33. The van der Waals surface area contributed by atoms with E-state index in [1.165, 1.54) is 0 Å². The molecule has 2 aromatic rings. The van der Waals surface area contributed by atoms with Gasteiger partial charge in [-0.05, 0) is 5.56 Å². The van der Waals surface area contributed by atoms with Gasteiger partial charge in [0.25, 0.3) is 0 Å². The Balaban J connectivity index is 2.29. The van der Waals surface area contributed by atoms with Crippen LogP contribution in [0.1, 0.15) is 17.4 Å². The van der Waals surface area contributed by atoms with Crippen molar-refractivity contribution in [2.45, 2.75) is 6.10 Å². The molecule has 1 atom stereocenters. The number of aliphatic hydroxyl groups is 1. The molecule has 0 radical (unpaired) electrons. The van der Waals surface area contributed by atoms with Crippen LogP contribution in [0.2, 0.25) is 0 Å². The van der Waals surface area contributed by atoms with Crippen LogP contribution in [-0.4, -0.2) is 14.7 Å². The fourth-order valence-electron chi connectivity index (χ4n) is 1.38. The maximum Gasteiger partial charge on any atom is 0.122 e. The van der Waals surface area contributed by atoms with Crippen LogP contribution in [0.3, 0.4) is 0 Å². The largest absolute Gasteiger partial charge is 0.382 e. The van der Waals surface area contributed by atoms with E-state index >= 15 is 0 Å². The Labute approximate surface area is 82.7 Å². The zero-order chi connectivity index (χ0) is 9.97. The molecule has 3 heteroatoms. The highest BCUT2D eigenvalue weighted by atomic mass is 16.3. The van der Waals surface area contributed by atoms with Gasteiger partial charge >= 0.3 is 0 Å². The van der Waals surface area contributed by atoms with Crippen LogP contribution < -0.4 is 0 Å². The topological polar surface area (TPSA) is 38.0 Å². The molecule has 14 heavy (non-hydrogen) atoms. The molecule has 1 heterocycles. The van der Waals surface area contributed by atoms with Crippen molar-refractivity contribution in [3.63, 3.8) is 0 Å². The summed E-state index contributed by atoms with van der Waals surface area (Å²) in [4.78, 5) is 4.11. The van der Waals surface area contributed by atoms with Crippen LogP contribution >= 0.6 is 0 Å². The Morgan fingerprint density at radius 1 is 1.29 bits per heavy atom. The lowest BCUT2D eigenvalue weighted by atomic mass is 10.1. The summed E-state index contributed by atoms with van der Waals surface area (Å²) < 4.78 is 1.82. The van der Waals surface area contributed by atoms with Gasteiger partial charge in [-0.2, -0.15) is 0 Å². The van der Waals surface area contributed by atoms with E-state index in [-0.39, 0.29) is 0 Å². The van der Waals surface area contributed by atoms with Gasteiger partial charge in [-0.15, -0.1) is 0 Å². The highest BCUT2D eigenvalue weighted by Gasteiger charge is 2.11.